The zero-order valence-corrected chi connectivity index (χ0v) is 21.5. The van der Waals surface area contributed by atoms with Crippen molar-refractivity contribution in [2.45, 2.75) is 71.1 Å². The maximum absolute atomic E-state index is 13.1. The number of unbranched alkanes of at least 4 members (excludes halogenated alkanes) is 1. The van der Waals surface area contributed by atoms with Crippen molar-refractivity contribution in [1.82, 2.24) is 0 Å². The van der Waals surface area contributed by atoms with Gasteiger partial charge in [-0.05, 0) is 55.0 Å². The van der Waals surface area contributed by atoms with Crippen LogP contribution in [0, 0.1) is 13.8 Å². The van der Waals surface area contributed by atoms with Gasteiger partial charge < -0.3 is 15.3 Å². The number of benzene rings is 2. The van der Waals surface area contributed by atoms with Crippen LogP contribution in [-0.2, 0) is 25.0 Å². The van der Waals surface area contributed by atoms with Crippen molar-refractivity contribution < 1.29 is 23.1 Å². The minimum absolute atomic E-state index is 0.0714. The molecular formula is C25H35N3O5S. The summed E-state index contributed by atoms with van der Waals surface area (Å²) >= 11 is 0. The standard InChI is InChI=1S/C25H35N3O5S/c1-7-8-9-23(30)28(21-13-10-16(2)24(31)17(21)3)15-22(29)27-20-14-18(34(26,32)33)11-12-19(20)25(4,5)6/h10-14,31H,7-9,15H2,1-6H3,(H,27,29)(H2,26,32,33). The molecule has 0 atom stereocenters. The van der Waals surface area contributed by atoms with E-state index in [2.05, 4.69) is 5.32 Å². The summed E-state index contributed by atoms with van der Waals surface area (Å²) < 4.78 is 23.7. The van der Waals surface area contributed by atoms with Gasteiger partial charge in [0, 0.05) is 17.7 Å². The van der Waals surface area contributed by atoms with Gasteiger partial charge in [0.1, 0.15) is 12.3 Å². The third kappa shape index (κ3) is 6.57. The highest BCUT2D eigenvalue weighted by Gasteiger charge is 2.25. The Bertz CT molecular complexity index is 1180. The number of phenols is 1. The van der Waals surface area contributed by atoms with Gasteiger partial charge in [0.25, 0.3) is 0 Å². The number of nitrogens with one attached hydrogen (secondary N) is 1. The fourth-order valence-electron chi connectivity index (χ4n) is 3.68. The molecule has 186 valence electrons. The highest BCUT2D eigenvalue weighted by atomic mass is 32.2. The van der Waals surface area contributed by atoms with Gasteiger partial charge in [0.2, 0.25) is 21.8 Å². The van der Waals surface area contributed by atoms with Gasteiger partial charge in [-0.1, -0.05) is 46.2 Å². The number of nitrogens with zero attached hydrogens (tertiary/aromatic N) is 1. The van der Waals surface area contributed by atoms with E-state index >= 15 is 0 Å². The van der Waals surface area contributed by atoms with Gasteiger partial charge in [0.15, 0.2) is 0 Å². The van der Waals surface area contributed by atoms with Crippen LogP contribution in [0.25, 0.3) is 0 Å². The predicted octanol–water partition coefficient (Wildman–Crippen LogP) is 4.12. The molecule has 0 aliphatic rings. The summed E-state index contributed by atoms with van der Waals surface area (Å²) in [6.07, 6.45) is 1.74. The Labute approximate surface area is 202 Å². The zero-order chi connectivity index (χ0) is 25.8. The SMILES string of the molecule is CCCCC(=O)N(CC(=O)Nc1cc(S(N)(=O)=O)ccc1C(C)(C)C)c1ccc(C)c(O)c1C. The van der Waals surface area contributed by atoms with E-state index in [9.17, 15) is 23.1 Å². The smallest absolute Gasteiger partial charge is 0.244 e. The van der Waals surface area contributed by atoms with Crippen LogP contribution in [0.3, 0.4) is 0 Å². The Morgan fingerprint density at radius 3 is 2.32 bits per heavy atom. The first-order valence-corrected chi connectivity index (χ1v) is 12.8. The van der Waals surface area contributed by atoms with Crippen LogP contribution < -0.4 is 15.4 Å². The van der Waals surface area contributed by atoms with Crippen molar-refractivity contribution in [2.75, 3.05) is 16.8 Å². The molecule has 0 aromatic heterocycles. The van der Waals surface area contributed by atoms with Crippen LogP contribution >= 0.6 is 0 Å². The lowest BCUT2D eigenvalue weighted by Gasteiger charge is -2.27. The summed E-state index contributed by atoms with van der Waals surface area (Å²) in [5.74, 6) is -0.666. The number of amides is 2. The summed E-state index contributed by atoms with van der Waals surface area (Å²) in [7, 11) is -3.97. The number of anilines is 2. The van der Waals surface area contributed by atoms with Crippen LogP contribution in [0.5, 0.6) is 5.75 Å². The molecule has 34 heavy (non-hydrogen) atoms. The summed E-state index contributed by atoms with van der Waals surface area (Å²) in [5, 5.41) is 18.4. The number of aryl methyl sites for hydroxylation is 1. The molecule has 0 aliphatic carbocycles. The number of primary sulfonamides is 1. The number of aromatic hydroxyl groups is 1. The van der Waals surface area contributed by atoms with Gasteiger partial charge in [-0.2, -0.15) is 0 Å². The van der Waals surface area contributed by atoms with Crippen LogP contribution in [0.2, 0.25) is 0 Å². The number of phenolic OH excluding ortho intramolecular Hbond substituents is 1. The highest BCUT2D eigenvalue weighted by molar-refractivity contribution is 7.89. The Balaban J connectivity index is 2.45. The van der Waals surface area contributed by atoms with Crippen molar-refractivity contribution in [1.29, 1.82) is 0 Å². The average molecular weight is 490 g/mol. The summed E-state index contributed by atoms with van der Waals surface area (Å²) in [5.41, 5.74) is 2.27. The maximum atomic E-state index is 13.1. The zero-order valence-electron chi connectivity index (χ0n) is 20.7. The molecule has 8 nitrogen and oxygen atoms in total. The Morgan fingerprint density at radius 2 is 1.76 bits per heavy atom. The molecule has 9 heteroatoms. The van der Waals surface area contributed by atoms with E-state index < -0.39 is 21.3 Å². The van der Waals surface area contributed by atoms with Crippen molar-refractivity contribution in [3.05, 3.63) is 47.0 Å². The van der Waals surface area contributed by atoms with E-state index in [0.717, 1.165) is 12.0 Å². The topological polar surface area (TPSA) is 130 Å². The molecule has 0 bridgehead atoms. The number of carbonyl (C=O) groups excluding carboxylic acids is 2. The van der Waals surface area contributed by atoms with Gasteiger partial charge in [-0.15, -0.1) is 0 Å². The minimum Gasteiger partial charge on any atom is -0.507 e. The van der Waals surface area contributed by atoms with Crippen LogP contribution in [0.15, 0.2) is 35.2 Å². The molecule has 2 rings (SSSR count). The molecule has 2 aromatic carbocycles. The molecule has 0 unspecified atom stereocenters. The Morgan fingerprint density at radius 1 is 1.12 bits per heavy atom. The fraction of sp³-hybridized carbons (Fsp3) is 0.440. The van der Waals surface area contributed by atoms with E-state index in [1.807, 2.05) is 27.7 Å². The molecule has 0 aliphatic heterocycles. The Kier molecular flexibility index (Phi) is 8.50. The summed E-state index contributed by atoms with van der Waals surface area (Å²) in [6, 6.07) is 7.78. The second kappa shape index (κ2) is 10.6. The fourth-order valence-corrected chi connectivity index (χ4v) is 4.22. The van der Waals surface area contributed by atoms with E-state index in [1.165, 1.54) is 17.0 Å². The van der Waals surface area contributed by atoms with Crippen LogP contribution in [0.1, 0.15) is 63.6 Å². The molecule has 0 fully saturated rings. The third-order valence-electron chi connectivity index (χ3n) is 5.64. The highest BCUT2D eigenvalue weighted by Crippen LogP contribution is 2.33. The van der Waals surface area contributed by atoms with Crippen LogP contribution in [-0.4, -0.2) is 31.9 Å². The Hall–Kier alpha value is -2.91. The first-order chi connectivity index (χ1) is 15.7. The van der Waals surface area contributed by atoms with Crippen molar-refractivity contribution in [2.24, 2.45) is 5.14 Å². The number of carbonyl (C=O) groups is 2. The lowest BCUT2D eigenvalue weighted by Crippen LogP contribution is -2.38. The molecule has 2 aromatic rings. The van der Waals surface area contributed by atoms with E-state index in [1.54, 1.807) is 32.0 Å². The first kappa shape index (κ1) is 27.3. The van der Waals surface area contributed by atoms with Crippen molar-refractivity contribution >= 4 is 33.2 Å². The second-order valence-corrected chi connectivity index (χ2v) is 11.1. The molecule has 0 saturated heterocycles. The summed E-state index contributed by atoms with van der Waals surface area (Å²) in [6.45, 7) is 10.9. The number of rotatable bonds is 8. The summed E-state index contributed by atoms with van der Waals surface area (Å²) in [4.78, 5) is 27.4. The van der Waals surface area contributed by atoms with Crippen molar-refractivity contribution in [3.63, 3.8) is 0 Å². The average Bonchev–Trinajstić information content (AvgIpc) is 2.73. The number of hydrogen-bond acceptors (Lipinski definition) is 5. The molecular weight excluding hydrogens is 454 g/mol. The quantitative estimate of drug-likeness (QED) is 0.514. The number of nitrogens with two attached hydrogens (primary N) is 1. The number of sulfonamides is 1. The van der Waals surface area contributed by atoms with Gasteiger partial charge >= 0.3 is 0 Å². The van der Waals surface area contributed by atoms with E-state index in [0.29, 0.717) is 28.9 Å². The van der Waals surface area contributed by atoms with Crippen molar-refractivity contribution in [3.8, 4) is 5.75 Å². The van der Waals surface area contributed by atoms with Gasteiger partial charge in [0.05, 0.1) is 10.6 Å². The molecule has 2 amide bonds. The van der Waals surface area contributed by atoms with Gasteiger partial charge in [-0.25, -0.2) is 13.6 Å². The normalized spacial score (nSPS) is 11.9. The lowest BCUT2D eigenvalue weighted by molar-refractivity contribution is -0.121. The first-order valence-electron chi connectivity index (χ1n) is 11.2. The molecule has 0 heterocycles. The lowest BCUT2D eigenvalue weighted by atomic mass is 9.86. The van der Waals surface area contributed by atoms with Gasteiger partial charge in [-0.3, -0.25) is 9.59 Å². The maximum Gasteiger partial charge on any atom is 0.244 e. The predicted molar refractivity (Wildman–Crippen MR) is 135 cm³/mol. The molecule has 0 spiro atoms. The number of hydrogen-bond donors (Lipinski definition) is 3. The third-order valence-corrected chi connectivity index (χ3v) is 6.55. The minimum atomic E-state index is -3.97. The monoisotopic (exact) mass is 489 g/mol. The second-order valence-electron chi connectivity index (χ2n) is 9.51. The van der Waals surface area contributed by atoms with E-state index in [4.69, 9.17) is 5.14 Å². The van der Waals surface area contributed by atoms with Crippen LogP contribution in [0.4, 0.5) is 11.4 Å². The molecule has 0 radical (unpaired) electrons. The molecule has 4 N–H and O–H groups in total. The largest absolute Gasteiger partial charge is 0.507 e. The van der Waals surface area contributed by atoms with E-state index in [-0.39, 0.29) is 29.5 Å². The molecule has 0 saturated carbocycles.